The van der Waals surface area contributed by atoms with E-state index in [1.165, 1.54) is 0 Å². The van der Waals surface area contributed by atoms with Crippen molar-refractivity contribution >= 4 is 0 Å². The molecule has 0 saturated heterocycles. The summed E-state index contributed by atoms with van der Waals surface area (Å²) in [7, 11) is 0. The van der Waals surface area contributed by atoms with Crippen LogP contribution in [0.25, 0.3) is 11.1 Å². The number of alkyl halides is 2. The van der Waals surface area contributed by atoms with Gasteiger partial charge in [-0.1, -0.05) is 12.1 Å². The molecule has 3 nitrogen and oxygen atoms in total. The number of aliphatic hydroxyl groups excluding tert-OH is 1. The van der Waals surface area contributed by atoms with Gasteiger partial charge in [-0.15, -0.1) is 0 Å². The van der Waals surface area contributed by atoms with Crippen molar-refractivity contribution < 1.29 is 18.6 Å². The summed E-state index contributed by atoms with van der Waals surface area (Å²) in [4.78, 5) is 4.29. The van der Waals surface area contributed by atoms with Gasteiger partial charge in [-0.25, -0.2) is 13.8 Å². The molecule has 2 rings (SSSR count). The molecule has 0 bridgehead atoms. The molecule has 1 aromatic carbocycles. The van der Waals surface area contributed by atoms with Crippen molar-refractivity contribution in [3.8, 4) is 17.0 Å². The molecule has 1 heterocycles. The fourth-order valence-corrected chi connectivity index (χ4v) is 2.88. The summed E-state index contributed by atoms with van der Waals surface area (Å²) in [5.74, 6) is 0.395. The Morgan fingerprint density at radius 2 is 1.75 bits per heavy atom. The number of aromatic nitrogens is 1. The van der Waals surface area contributed by atoms with Gasteiger partial charge in [0.05, 0.1) is 6.61 Å². The lowest BCUT2D eigenvalue weighted by Crippen LogP contribution is -2.05. The predicted octanol–water partition coefficient (Wildman–Crippen LogP) is 4.24. The molecule has 0 aliphatic carbocycles. The lowest BCUT2D eigenvalue weighted by Gasteiger charge is -2.14. The van der Waals surface area contributed by atoms with Crippen LogP contribution in [0.2, 0.25) is 0 Å². The predicted molar refractivity (Wildman–Crippen MR) is 90.8 cm³/mol. The van der Waals surface area contributed by atoms with E-state index in [-0.39, 0.29) is 19.6 Å². The average Bonchev–Trinajstić information content (AvgIpc) is 2.48. The Morgan fingerprint density at radius 3 is 2.29 bits per heavy atom. The van der Waals surface area contributed by atoms with Crippen molar-refractivity contribution in [1.29, 1.82) is 0 Å². The number of benzene rings is 1. The fourth-order valence-electron chi connectivity index (χ4n) is 2.88. The number of pyridine rings is 1. The molecule has 0 fully saturated rings. The van der Waals surface area contributed by atoms with Crippen LogP contribution >= 0.6 is 0 Å². The van der Waals surface area contributed by atoms with E-state index in [0.717, 1.165) is 33.4 Å². The van der Waals surface area contributed by atoms with Crippen molar-refractivity contribution in [1.82, 2.24) is 4.98 Å². The van der Waals surface area contributed by atoms with Gasteiger partial charge < -0.3 is 9.84 Å². The number of hydrogen-bond acceptors (Lipinski definition) is 3. The number of halogens is 2. The molecule has 1 N–H and O–H groups in total. The lowest BCUT2D eigenvalue weighted by molar-refractivity contribution is 0.113. The standard InChI is InChI=1S/C19H23F2NO2/c1-12-8-15(4-6-23)9-13(2)18(12)16-10-14(3)19(22-11-16)24-7-5-17(20)21/h8-11,17,23H,4-7H2,1-3H3. The highest BCUT2D eigenvalue weighted by Gasteiger charge is 2.11. The first-order valence-electron chi connectivity index (χ1n) is 8.01. The van der Waals surface area contributed by atoms with Gasteiger partial charge in [0.15, 0.2) is 0 Å². The van der Waals surface area contributed by atoms with Crippen molar-refractivity contribution in [2.75, 3.05) is 13.2 Å². The number of hydrogen-bond donors (Lipinski definition) is 1. The van der Waals surface area contributed by atoms with E-state index in [1.807, 2.05) is 26.8 Å². The van der Waals surface area contributed by atoms with Crippen molar-refractivity contribution in [3.63, 3.8) is 0 Å². The Bertz CT molecular complexity index is 679. The number of aryl methyl sites for hydroxylation is 3. The van der Waals surface area contributed by atoms with Gasteiger partial charge in [-0.3, -0.25) is 0 Å². The van der Waals surface area contributed by atoms with E-state index >= 15 is 0 Å². The Kier molecular flexibility index (Phi) is 6.26. The largest absolute Gasteiger partial charge is 0.477 e. The molecular weight excluding hydrogens is 312 g/mol. The summed E-state index contributed by atoms with van der Waals surface area (Å²) in [6, 6.07) is 6.10. The van der Waals surface area contributed by atoms with Gasteiger partial charge in [0.2, 0.25) is 12.3 Å². The summed E-state index contributed by atoms with van der Waals surface area (Å²) in [6.07, 6.45) is -0.317. The molecule has 0 aliphatic rings. The molecule has 1 aromatic heterocycles. The zero-order valence-electron chi connectivity index (χ0n) is 14.3. The van der Waals surface area contributed by atoms with Crippen molar-refractivity contribution in [2.45, 2.75) is 40.0 Å². The number of ether oxygens (including phenoxy) is 1. The van der Waals surface area contributed by atoms with Crippen LogP contribution < -0.4 is 4.74 Å². The van der Waals surface area contributed by atoms with Gasteiger partial charge in [-0.2, -0.15) is 0 Å². The zero-order chi connectivity index (χ0) is 17.7. The van der Waals surface area contributed by atoms with Gasteiger partial charge in [0, 0.05) is 30.4 Å². The maximum absolute atomic E-state index is 12.2. The third-order valence-corrected chi connectivity index (χ3v) is 3.89. The van der Waals surface area contributed by atoms with E-state index in [0.29, 0.717) is 12.3 Å². The zero-order valence-corrected chi connectivity index (χ0v) is 14.3. The van der Waals surface area contributed by atoms with Crippen LogP contribution in [-0.2, 0) is 6.42 Å². The van der Waals surface area contributed by atoms with Crippen LogP contribution in [0.15, 0.2) is 24.4 Å². The highest BCUT2D eigenvalue weighted by molar-refractivity contribution is 5.71. The van der Waals surface area contributed by atoms with E-state index in [1.54, 1.807) is 6.20 Å². The molecule has 0 spiro atoms. The minimum atomic E-state index is -2.37. The summed E-state index contributed by atoms with van der Waals surface area (Å²) in [5, 5.41) is 9.09. The second kappa shape index (κ2) is 8.20. The smallest absolute Gasteiger partial charge is 0.241 e. The molecular formula is C19H23F2NO2. The van der Waals surface area contributed by atoms with Gasteiger partial charge in [-0.05, 0) is 55.5 Å². The van der Waals surface area contributed by atoms with Crippen LogP contribution in [0.5, 0.6) is 5.88 Å². The van der Waals surface area contributed by atoms with E-state index < -0.39 is 6.43 Å². The van der Waals surface area contributed by atoms with E-state index in [9.17, 15) is 8.78 Å². The number of rotatable bonds is 7. The van der Waals surface area contributed by atoms with Gasteiger partial charge >= 0.3 is 0 Å². The van der Waals surface area contributed by atoms with Crippen LogP contribution in [0.3, 0.4) is 0 Å². The monoisotopic (exact) mass is 335 g/mol. The molecule has 0 atom stereocenters. The van der Waals surface area contributed by atoms with Crippen LogP contribution in [0.1, 0.15) is 28.7 Å². The molecule has 0 amide bonds. The van der Waals surface area contributed by atoms with Crippen LogP contribution in [-0.4, -0.2) is 29.7 Å². The fraction of sp³-hybridized carbons (Fsp3) is 0.421. The van der Waals surface area contributed by atoms with Crippen LogP contribution in [0, 0.1) is 20.8 Å². The van der Waals surface area contributed by atoms with Crippen molar-refractivity contribution in [2.24, 2.45) is 0 Å². The average molecular weight is 335 g/mol. The minimum absolute atomic E-state index is 0.0429. The second-order valence-electron chi connectivity index (χ2n) is 5.95. The molecule has 5 heteroatoms. The SMILES string of the molecule is Cc1cc(-c2c(C)cc(CCO)cc2C)cnc1OCCC(F)F. The Labute approximate surface area is 141 Å². The van der Waals surface area contributed by atoms with Crippen LogP contribution in [0.4, 0.5) is 8.78 Å². The first kappa shape index (κ1) is 18.3. The summed E-state index contributed by atoms with van der Waals surface area (Å²) in [5.41, 5.74) is 6.23. The van der Waals surface area contributed by atoms with Gasteiger partial charge in [0.1, 0.15) is 0 Å². The normalized spacial score (nSPS) is 11.1. The number of aliphatic hydroxyl groups is 1. The number of nitrogens with zero attached hydrogens (tertiary/aromatic N) is 1. The third kappa shape index (κ3) is 4.51. The summed E-state index contributed by atoms with van der Waals surface area (Å²) < 4.78 is 29.7. The molecule has 130 valence electrons. The first-order chi connectivity index (χ1) is 11.4. The molecule has 2 aromatic rings. The Balaban J connectivity index is 2.25. The van der Waals surface area contributed by atoms with Crippen molar-refractivity contribution in [3.05, 3.63) is 46.6 Å². The van der Waals surface area contributed by atoms with E-state index in [2.05, 4.69) is 17.1 Å². The first-order valence-corrected chi connectivity index (χ1v) is 8.01. The molecule has 0 saturated carbocycles. The lowest BCUT2D eigenvalue weighted by atomic mass is 9.93. The van der Waals surface area contributed by atoms with E-state index in [4.69, 9.17) is 9.84 Å². The van der Waals surface area contributed by atoms with Gasteiger partial charge in [0.25, 0.3) is 0 Å². The minimum Gasteiger partial charge on any atom is -0.477 e. The molecule has 0 radical (unpaired) electrons. The third-order valence-electron chi connectivity index (χ3n) is 3.89. The molecule has 0 unspecified atom stereocenters. The highest BCUT2D eigenvalue weighted by atomic mass is 19.3. The second-order valence-corrected chi connectivity index (χ2v) is 5.95. The Morgan fingerprint density at radius 1 is 1.08 bits per heavy atom. The summed E-state index contributed by atoms with van der Waals surface area (Å²) >= 11 is 0. The maximum atomic E-state index is 12.2. The summed E-state index contributed by atoms with van der Waals surface area (Å²) in [6.45, 7) is 6.01. The highest BCUT2D eigenvalue weighted by Crippen LogP contribution is 2.30. The quantitative estimate of drug-likeness (QED) is 0.823. The Hall–Kier alpha value is -2.01. The topological polar surface area (TPSA) is 42.4 Å². The maximum Gasteiger partial charge on any atom is 0.241 e. The molecule has 0 aliphatic heterocycles. The molecule has 24 heavy (non-hydrogen) atoms.